The molecule has 3 nitrogen and oxygen atoms in total. The highest BCUT2D eigenvalue weighted by Crippen LogP contribution is 2.29. The van der Waals surface area contributed by atoms with Crippen molar-refractivity contribution in [2.75, 3.05) is 12.8 Å². The summed E-state index contributed by atoms with van der Waals surface area (Å²) in [6.45, 7) is -0.00939. The molecule has 0 bridgehead atoms. The van der Waals surface area contributed by atoms with Gasteiger partial charge < -0.3 is 0 Å². The van der Waals surface area contributed by atoms with E-state index in [1.54, 1.807) is 42.1 Å². The van der Waals surface area contributed by atoms with E-state index in [1.165, 1.54) is 4.31 Å². The van der Waals surface area contributed by atoms with Gasteiger partial charge in [0.25, 0.3) is 0 Å². The molecule has 0 spiro atoms. The molecule has 0 amide bonds. The molecule has 0 N–H and O–H groups in total. The first-order chi connectivity index (χ1) is 17.6. The van der Waals surface area contributed by atoms with Gasteiger partial charge in [-0.05, 0) is 60.4 Å². The largest absolute Gasteiger partial charge is 0.245 e. The van der Waals surface area contributed by atoms with Gasteiger partial charge >= 0.3 is 0 Å². The van der Waals surface area contributed by atoms with Crippen LogP contribution in [0.1, 0.15) is 22.7 Å². The average molecular weight is 508 g/mol. The van der Waals surface area contributed by atoms with Crippen LogP contribution < -0.4 is 0 Å². The lowest BCUT2D eigenvalue weighted by atomic mass is 10.1. The third kappa shape index (κ3) is 6.47. The van der Waals surface area contributed by atoms with E-state index in [4.69, 9.17) is 0 Å². The third-order valence-electron chi connectivity index (χ3n) is 5.44. The van der Waals surface area contributed by atoms with Gasteiger partial charge in [0.1, 0.15) is 6.04 Å². The molecule has 0 fully saturated rings. The number of rotatable bonds is 6. The van der Waals surface area contributed by atoms with Crippen LogP contribution in [0.3, 0.4) is 0 Å². The highest BCUT2D eigenvalue weighted by atomic mass is 32.2. The Hall–Kier alpha value is -3.74. The zero-order chi connectivity index (χ0) is 25.2. The molecule has 0 saturated carbocycles. The van der Waals surface area contributed by atoms with E-state index >= 15 is 0 Å². The van der Waals surface area contributed by atoms with E-state index < -0.39 is 16.1 Å². The molecule has 178 valence electrons. The van der Waals surface area contributed by atoms with Crippen LogP contribution in [0.15, 0.2) is 125 Å². The lowest BCUT2D eigenvalue weighted by Crippen LogP contribution is -2.35. The highest BCUT2D eigenvalue weighted by Gasteiger charge is 2.31. The van der Waals surface area contributed by atoms with Gasteiger partial charge in [-0.15, -0.1) is 11.8 Å². The topological polar surface area (TPSA) is 37.4 Å². The molecule has 0 aliphatic carbocycles. The van der Waals surface area contributed by atoms with Gasteiger partial charge in [-0.25, -0.2) is 8.42 Å². The van der Waals surface area contributed by atoms with Crippen LogP contribution in [0.25, 0.3) is 0 Å². The Morgan fingerprint density at radius 1 is 0.722 bits per heavy atom. The van der Waals surface area contributed by atoms with Gasteiger partial charge in [0.15, 0.2) is 0 Å². The van der Waals surface area contributed by atoms with Crippen LogP contribution in [-0.2, 0) is 10.0 Å². The molecule has 0 aromatic heterocycles. The standard InChI is InChI=1S/C31H25NO2S2/c1-35-29-22-20-28(21-23-29)31(24-19-27-14-7-3-8-15-27)32(25-11-16-26-12-5-2-6-13-26)36(33,34)30-17-9-4-10-18-30/h2-10,12-15,17-18,20-23,31H,25H2,1H3. The van der Waals surface area contributed by atoms with Crippen LogP contribution >= 0.6 is 11.8 Å². The van der Waals surface area contributed by atoms with Gasteiger partial charge in [-0.2, -0.15) is 4.31 Å². The monoisotopic (exact) mass is 507 g/mol. The van der Waals surface area contributed by atoms with Crippen LogP contribution in [-0.4, -0.2) is 25.5 Å². The van der Waals surface area contributed by atoms with E-state index in [0.29, 0.717) is 0 Å². The molecule has 1 atom stereocenters. The summed E-state index contributed by atoms with van der Waals surface area (Å²) in [4.78, 5) is 1.30. The Labute approximate surface area is 218 Å². The third-order valence-corrected chi connectivity index (χ3v) is 8.01. The lowest BCUT2D eigenvalue weighted by molar-refractivity contribution is 0.410. The maximum Gasteiger partial charge on any atom is 0.245 e. The molecule has 36 heavy (non-hydrogen) atoms. The van der Waals surface area contributed by atoms with Crippen molar-refractivity contribution in [3.05, 3.63) is 132 Å². The van der Waals surface area contributed by atoms with Crippen molar-refractivity contribution in [3.63, 3.8) is 0 Å². The summed E-state index contributed by atoms with van der Waals surface area (Å²) in [5, 5.41) is 0. The molecule has 0 aliphatic heterocycles. The molecule has 0 radical (unpaired) electrons. The maximum absolute atomic E-state index is 13.9. The number of hydrogen-bond donors (Lipinski definition) is 0. The molecule has 4 aromatic rings. The van der Waals surface area contributed by atoms with Crippen molar-refractivity contribution in [1.29, 1.82) is 0 Å². The first-order valence-electron chi connectivity index (χ1n) is 11.4. The summed E-state index contributed by atoms with van der Waals surface area (Å²) in [5.41, 5.74) is 2.43. The van der Waals surface area contributed by atoms with Crippen LogP contribution in [0.5, 0.6) is 0 Å². The SMILES string of the molecule is CSc1ccc(C(C#Cc2ccccc2)N(CC#Cc2ccccc2)S(=O)(=O)c2ccccc2)cc1. The Kier molecular flexibility index (Phi) is 8.66. The van der Waals surface area contributed by atoms with E-state index in [0.717, 1.165) is 21.6 Å². The fourth-order valence-corrected chi connectivity index (χ4v) is 5.43. The molecule has 4 rings (SSSR count). The number of hydrogen-bond acceptors (Lipinski definition) is 3. The van der Waals surface area contributed by atoms with Gasteiger partial charge in [0, 0.05) is 16.0 Å². The van der Waals surface area contributed by atoms with Crippen molar-refractivity contribution in [1.82, 2.24) is 4.31 Å². The normalized spacial score (nSPS) is 11.6. The molecular formula is C31H25NO2S2. The second-order valence-corrected chi connectivity index (χ2v) is 10.6. The van der Waals surface area contributed by atoms with E-state index in [-0.39, 0.29) is 11.4 Å². The predicted octanol–water partition coefficient (Wildman–Crippen LogP) is 6.24. The van der Waals surface area contributed by atoms with Crippen LogP contribution in [0, 0.1) is 23.7 Å². The smallest absolute Gasteiger partial charge is 0.207 e. The minimum absolute atomic E-state index is 0.00939. The Morgan fingerprint density at radius 2 is 1.25 bits per heavy atom. The minimum atomic E-state index is -3.90. The molecular weight excluding hydrogens is 482 g/mol. The molecule has 1 unspecified atom stereocenters. The van der Waals surface area contributed by atoms with E-state index in [2.05, 4.69) is 23.7 Å². The fourth-order valence-electron chi connectivity index (χ4n) is 3.56. The number of sulfonamides is 1. The van der Waals surface area contributed by atoms with Gasteiger partial charge in [-0.3, -0.25) is 0 Å². The van der Waals surface area contributed by atoms with Gasteiger partial charge in [0.05, 0.1) is 11.4 Å². The Morgan fingerprint density at radius 3 is 1.81 bits per heavy atom. The summed E-state index contributed by atoms with van der Waals surface area (Å²) in [5.74, 6) is 12.6. The molecule has 4 aromatic carbocycles. The van der Waals surface area contributed by atoms with Gasteiger partial charge in [-0.1, -0.05) is 90.4 Å². The molecule has 5 heteroatoms. The number of benzene rings is 4. The summed E-state index contributed by atoms with van der Waals surface area (Å²) >= 11 is 1.63. The summed E-state index contributed by atoms with van der Waals surface area (Å²) < 4.78 is 29.2. The van der Waals surface area contributed by atoms with Crippen molar-refractivity contribution in [3.8, 4) is 23.7 Å². The quantitative estimate of drug-likeness (QED) is 0.229. The molecule has 0 heterocycles. The second kappa shape index (κ2) is 12.3. The summed E-state index contributed by atoms with van der Waals surface area (Å²) in [7, 11) is -3.90. The first-order valence-corrected chi connectivity index (χ1v) is 14.1. The zero-order valence-electron chi connectivity index (χ0n) is 19.8. The van der Waals surface area contributed by atoms with Crippen LogP contribution in [0.4, 0.5) is 0 Å². The first kappa shape index (κ1) is 25.4. The van der Waals surface area contributed by atoms with E-state index in [1.807, 2.05) is 91.2 Å². The van der Waals surface area contributed by atoms with Crippen LogP contribution in [0.2, 0.25) is 0 Å². The van der Waals surface area contributed by atoms with Crippen molar-refractivity contribution < 1.29 is 8.42 Å². The van der Waals surface area contributed by atoms with Crippen molar-refractivity contribution in [2.24, 2.45) is 0 Å². The Bertz CT molecular complexity index is 1500. The molecule has 0 aliphatic rings. The maximum atomic E-state index is 13.9. The van der Waals surface area contributed by atoms with Crippen molar-refractivity contribution in [2.45, 2.75) is 15.8 Å². The molecule has 0 saturated heterocycles. The highest BCUT2D eigenvalue weighted by molar-refractivity contribution is 7.98. The predicted molar refractivity (Wildman–Crippen MR) is 148 cm³/mol. The van der Waals surface area contributed by atoms with E-state index in [9.17, 15) is 8.42 Å². The zero-order valence-corrected chi connectivity index (χ0v) is 21.5. The number of nitrogens with zero attached hydrogens (tertiary/aromatic N) is 1. The summed E-state index contributed by atoms with van der Waals surface area (Å²) in [6.07, 6.45) is 2.01. The second-order valence-electron chi connectivity index (χ2n) is 7.84. The summed E-state index contributed by atoms with van der Waals surface area (Å²) in [6, 6.07) is 34.7. The van der Waals surface area contributed by atoms with Crippen molar-refractivity contribution >= 4 is 21.8 Å². The Balaban J connectivity index is 1.82. The average Bonchev–Trinajstić information content (AvgIpc) is 2.94. The minimum Gasteiger partial charge on any atom is -0.207 e. The lowest BCUT2D eigenvalue weighted by Gasteiger charge is -2.26. The fraction of sp³-hybridized carbons (Fsp3) is 0.0968. The number of thioether (sulfide) groups is 1. The van der Waals surface area contributed by atoms with Gasteiger partial charge in [0.2, 0.25) is 10.0 Å².